The lowest BCUT2D eigenvalue weighted by Crippen LogP contribution is -2.16. The lowest BCUT2D eigenvalue weighted by molar-refractivity contribution is 0.662. The van der Waals surface area contributed by atoms with Crippen molar-refractivity contribution in [3.8, 4) is 61.8 Å². The molecule has 264 valence electrons. The molecule has 0 spiro atoms. The Morgan fingerprint density at radius 1 is 0.411 bits per heavy atom. The average molecular weight is 716 g/mol. The van der Waals surface area contributed by atoms with Crippen molar-refractivity contribution in [2.45, 2.75) is 19.3 Å². The highest BCUT2D eigenvalue weighted by Gasteiger charge is 2.37. The standard InChI is InChI=1S/C53H37N3/c1-53(2)45-28-13-11-23-39(45)42-26-15-25-41(51(42)53)38-31-32-40(37-22-10-9-21-36(37)38)46-33-47(55-52(54-46)34-17-5-3-6-18-34)43-27-16-30-49-50(43)44-24-12-14-29-48(44)56(49)35-19-7-4-8-20-35/h3-33H,1-2H3. The van der Waals surface area contributed by atoms with Gasteiger partial charge in [0.05, 0.1) is 22.4 Å². The minimum atomic E-state index is -0.126. The molecule has 0 amide bonds. The number of benzene rings is 8. The topological polar surface area (TPSA) is 30.7 Å². The van der Waals surface area contributed by atoms with Gasteiger partial charge < -0.3 is 4.57 Å². The van der Waals surface area contributed by atoms with Crippen molar-refractivity contribution in [2.24, 2.45) is 0 Å². The summed E-state index contributed by atoms with van der Waals surface area (Å²) in [4.78, 5) is 10.7. The first-order chi connectivity index (χ1) is 27.6. The highest BCUT2D eigenvalue weighted by molar-refractivity contribution is 6.16. The molecule has 0 radical (unpaired) electrons. The van der Waals surface area contributed by atoms with Crippen LogP contribution in [0.2, 0.25) is 0 Å². The number of rotatable bonds is 5. The van der Waals surface area contributed by atoms with Gasteiger partial charge in [0, 0.05) is 38.6 Å². The monoisotopic (exact) mass is 715 g/mol. The van der Waals surface area contributed by atoms with Gasteiger partial charge in [-0.15, -0.1) is 0 Å². The molecule has 56 heavy (non-hydrogen) atoms. The fourth-order valence-electron chi connectivity index (χ4n) is 9.36. The Morgan fingerprint density at radius 3 is 1.73 bits per heavy atom. The van der Waals surface area contributed by atoms with Gasteiger partial charge >= 0.3 is 0 Å². The zero-order valence-electron chi connectivity index (χ0n) is 31.2. The third kappa shape index (κ3) is 4.84. The average Bonchev–Trinajstić information content (AvgIpc) is 3.72. The Kier molecular flexibility index (Phi) is 7.20. The third-order valence-electron chi connectivity index (χ3n) is 11.8. The summed E-state index contributed by atoms with van der Waals surface area (Å²) >= 11 is 0. The Labute approximate surface area is 326 Å². The van der Waals surface area contributed by atoms with Crippen LogP contribution in [-0.4, -0.2) is 14.5 Å². The van der Waals surface area contributed by atoms with E-state index >= 15 is 0 Å². The molecule has 0 atom stereocenters. The normalized spacial score (nSPS) is 13.0. The fraction of sp³-hybridized carbons (Fsp3) is 0.0566. The van der Waals surface area contributed by atoms with Crippen LogP contribution in [0.3, 0.4) is 0 Å². The number of hydrogen-bond acceptors (Lipinski definition) is 2. The smallest absolute Gasteiger partial charge is 0.160 e. The van der Waals surface area contributed by atoms with E-state index in [1.165, 1.54) is 60.4 Å². The van der Waals surface area contributed by atoms with E-state index in [1.54, 1.807) is 0 Å². The van der Waals surface area contributed by atoms with Crippen molar-refractivity contribution < 1.29 is 0 Å². The molecular formula is C53H37N3. The SMILES string of the molecule is CC1(C)c2ccccc2-c2cccc(-c3ccc(-c4cc(-c5cccc6c5c5ccccc5n6-c5ccccc5)nc(-c5ccccc5)n4)c4ccccc34)c21. The zero-order valence-corrected chi connectivity index (χ0v) is 31.2. The summed E-state index contributed by atoms with van der Waals surface area (Å²) in [6, 6.07) is 67.5. The van der Waals surface area contributed by atoms with Gasteiger partial charge in [-0.2, -0.15) is 0 Å². The molecule has 0 aliphatic heterocycles. The lowest BCUT2D eigenvalue weighted by atomic mass is 9.78. The predicted molar refractivity (Wildman–Crippen MR) is 233 cm³/mol. The van der Waals surface area contributed by atoms with Crippen LogP contribution < -0.4 is 0 Å². The van der Waals surface area contributed by atoms with E-state index in [0.29, 0.717) is 5.82 Å². The second kappa shape index (κ2) is 12.5. The zero-order chi connectivity index (χ0) is 37.4. The first-order valence-corrected chi connectivity index (χ1v) is 19.3. The molecule has 0 fully saturated rings. The molecule has 0 saturated heterocycles. The molecule has 10 aromatic rings. The molecule has 3 heteroatoms. The number of para-hydroxylation sites is 2. The van der Waals surface area contributed by atoms with Gasteiger partial charge in [0.15, 0.2) is 5.82 Å². The predicted octanol–water partition coefficient (Wildman–Crippen LogP) is 13.7. The van der Waals surface area contributed by atoms with E-state index in [4.69, 9.17) is 9.97 Å². The number of hydrogen-bond donors (Lipinski definition) is 0. The van der Waals surface area contributed by atoms with Gasteiger partial charge in [0.2, 0.25) is 0 Å². The van der Waals surface area contributed by atoms with E-state index < -0.39 is 0 Å². The summed E-state index contributed by atoms with van der Waals surface area (Å²) in [6.45, 7) is 4.73. The second-order valence-electron chi connectivity index (χ2n) is 15.3. The number of nitrogens with zero attached hydrogens (tertiary/aromatic N) is 3. The summed E-state index contributed by atoms with van der Waals surface area (Å²) in [5, 5.41) is 4.74. The molecule has 0 saturated carbocycles. The highest BCUT2D eigenvalue weighted by Crippen LogP contribution is 2.53. The first kappa shape index (κ1) is 32.3. The maximum Gasteiger partial charge on any atom is 0.160 e. The Bertz CT molecular complexity index is 3150. The van der Waals surface area contributed by atoms with Crippen LogP contribution in [0.25, 0.3) is 94.4 Å². The van der Waals surface area contributed by atoms with E-state index in [1.807, 2.05) is 6.07 Å². The highest BCUT2D eigenvalue weighted by atomic mass is 15.0. The van der Waals surface area contributed by atoms with E-state index in [0.717, 1.165) is 39.3 Å². The molecule has 8 aromatic carbocycles. The Morgan fingerprint density at radius 2 is 0.946 bits per heavy atom. The second-order valence-corrected chi connectivity index (χ2v) is 15.3. The molecule has 11 rings (SSSR count). The fourth-order valence-corrected chi connectivity index (χ4v) is 9.36. The number of aromatic nitrogens is 3. The molecule has 0 bridgehead atoms. The summed E-state index contributed by atoms with van der Waals surface area (Å²) < 4.78 is 2.36. The van der Waals surface area contributed by atoms with Crippen molar-refractivity contribution in [3.05, 3.63) is 199 Å². The molecule has 1 aliphatic rings. The maximum absolute atomic E-state index is 5.34. The first-order valence-electron chi connectivity index (χ1n) is 19.3. The van der Waals surface area contributed by atoms with Gasteiger partial charge in [0.25, 0.3) is 0 Å². The van der Waals surface area contributed by atoms with E-state index in [9.17, 15) is 0 Å². The van der Waals surface area contributed by atoms with E-state index in [-0.39, 0.29) is 5.41 Å². The van der Waals surface area contributed by atoms with Crippen LogP contribution in [0.4, 0.5) is 0 Å². The summed E-state index contributed by atoms with van der Waals surface area (Å²) in [6.07, 6.45) is 0. The van der Waals surface area contributed by atoms with Crippen LogP contribution in [-0.2, 0) is 5.41 Å². The van der Waals surface area contributed by atoms with Gasteiger partial charge in [-0.3, -0.25) is 0 Å². The van der Waals surface area contributed by atoms with Crippen molar-refractivity contribution in [2.75, 3.05) is 0 Å². The molecule has 1 aliphatic carbocycles. The molecular weight excluding hydrogens is 679 g/mol. The Hall–Kier alpha value is -7.10. The largest absolute Gasteiger partial charge is 0.309 e. The Balaban J connectivity index is 1.15. The molecule has 0 unspecified atom stereocenters. The van der Waals surface area contributed by atoms with Crippen LogP contribution >= 0.6 is 0 Å². The van der Waals surface area contributed by atoms with Crippen molar-refractivity contribution >= 4 is 32.6 Å². The van der Waals surface area contributed by atoms with Crippen LogP contribution in [0.15, 0.2) is 188 Å². The van der Waals surface area contributed by atoms with E-state index in [2.05, 4.69) is 200 Å². The van der Waals surface area contributed by atoms with Crippen LogP contribution in [0.5, 0.6) is 0 Å². The van der Waals surface area contributed by atoms with Gasteiger partial charge in [-0.25, -0.2) is 9.97 Å². The van der Waals surface area contributed by atoms with Crippen molar-refractivity contribution in [3.63, 3.8) is 0 Å². The molecule has 2 heterocycles. The number of fused-ring (bicyclic) bond motifs is 7. The van der Waals surface area contributed by atoms with Crippen LogP contribution in [0.1, 0.15) is 25.0 Å². The summed E-state index contributed by atoms with van der Waals surface area (Å²) in [5.74, 6) is 0.704. The van der Waals surface area contributed by atoms with Crippen LogP contribution in [0, 0.1) is 0 Å². The van der Waals surface area contributed by atoms with Gasteiger partial charge in [-0.1, -0.05) is 172 Å². The minimum Gasteiger partial charge on any atom is -0.309 e. The molecule has 3 nitrogen and oxygen atoms in total. The van der Waals surface area contributed by atoms with Gasteiger partial charge in [-0.05, 0) is 74.5 Å². The van der Waals surface area contributed by atoms with Gasteiger partial charge in [0.1, 0.15) is 0 Å². The van der Waals surface area contributed by atoms with Crippen molar-refractivity contribution in [1.82, 2.24) is 14.5 Å². The molecule has 0 N–H and O–H groups in total. The summed E-state index contributed by atoms with van der Waals surface area (Å²) in [5.41, 5.74) is 16.2. The quantitative estimate of drug-likeness (QED) is 0.178. The lowest BCUT2D eigenvalue weighted by Gasteiger charge is -2.25. The maximum atomic E-state index is 5.34. The minimum absolute atomic E-state index is 0.126. The summed E-state index contributed by atoms with van der Waals surface area (Å²) in [7, 11) is 0. The molecule has 2 aromatic heterocycles. The third-order valence-corrected chi connectivity index (χ3v) is 11.8. The van der Waals surface area contributed by atoms with Crippen molar-refractivity contribution in [1.29, 1.82) is 0 Å².